The van der Waals surface area contributed by atoms with Crippen molar-refractivity contribution in [3.05, 3.63) is 82.1 Å². The molecule has 0 fully saturated rings. The van der Waals surface area contributed by atoms with Crippen molar-refractivity contribution in [1.82, 2.24) is 25.1 Å². The van der Waals surface area contributed by atoms with Gasteiger partial charge in [0.2, 0.25) is 0 Å². The summed E-state index contributed by atoms with van der Waals surface area (Å²) in [4.78, 5) is 21.3. The monoisotopic (exact) mass is 403 g/mol. The highest BCUT2D eigenvalue weighted by atomic mass is 32.1. The maximum Gasteiger partial charge on any atom is 0.254 e. The van der Waals surface area contributed by atoms with Gasteiger partial charge in [0.1, 0.15) is 0 Å². The molecular weight excluding hydrogens is 382 g/mol. The summed E-state index contributed by atoms with van der Waals surface area (Å²) in [7, 11) is 0. The molecule has 0 saturated heterocycles. The second kappa shape index (κ2) is 8.36. The number of hydrogen-bond donors (Lipinski definition) is 1. The molecule has 0 atom stereocenters. The number of amides is 1. The third kappa shape index (κ3) is 4.25. The van der Waals surface area contributed by atoms with Crippen LogP contribution < -0.4 is 5.32 Å². The summed E-state index contributed by atoms with van der Waals surface area (Å²) in [6, 6.07) is 13.9. The first-order chi connectivity index (χ1) is 14.1. The van der Waals surface area contributed by atoms with E-state index in [4.69, 9.17) is 0 Å². The fourth-order valence-corrected chi connectivity index (χ4v) is 3.72. The van der Waals surface area contributed by atoms with Crippen LogP contribution in [0.5, 0.6) is 0 Å². The Morgan fingerprint density at radius 2 is 1.97 bits per heavy atom. The van der Waals surface area contributed by atoms with E-state index in [0.29, 0.717) is 17.9 Å². The molecule has 0 saturated carbocycles. The van der Waals surface area contributed by atoms with Gasteiger partial charge in [-0.2, -0.15) is 5.10 Å². The quantitative estimate of drug-likeness (QED) is 0.529. The molecule has 6 nitrogen and oxygen atoms in total. The van der Waals surface area contributed by atoms with E-state index in [1.807, 2.05) is 32.0 Å². The van der Waals surface area contributed by atoms with Crippen molar-refractivity contribution in [2.75, 3.05) is 6.54 Å². The van der Waals surface area contributed by atoms with Crippen LogP contribution in [0.1, 0.15) is 26.6 Å². The highest BCUT2D eigenvalue weighted by Crippen LogP contribution is 2.22. The van der Waals surface area contributed by atoms with Crippen molar-refractivity contribution >= 4 is 17.2 Å². The molecule has 146 valence electrons. The molecule has 3 aromatic heterocycles. The number of rotatable bonds is 6. The van der Waals surface area contributed by atoms with Crippen molar-refractivity contribution in [2.45, 2.75) is 20.3 Å². The number of carbonyl (C=O) groups excluding carboxylic acids is 1. The van der Waals surface area contributed by atoms with Crippen molar-refractivity contribution in [2.24, 2.45) is 0 Å². The molecule has 4 aromatic rings. The second-order valence-electron chi connectivity index (χ2n) is 6.70. The smallest absolute Gasteiger partial charge is 0.254 e. The number of aryl methyl sites for hydroxylation is 1. The molecule has 0 radical (unpaired) electrons. The minimum atomic E-state index is -0.126. The minimum Gasteiger partial charge on any atom is -0.352 e. The fourth-order valence-electron chi connectivity index (χ4n) is 3.10. The molecule has 0 unspecified atom stereocenters. The van der Waals surface area contributed by atoms with Gasteiger partial charge in [-0.1, -0.05) is 30.3 Å². The van der Waals surface area contributed by atoms with Crippen molar-refractivity contribution < 1.29 is 4.79 Å². The molecule has 3 heterocycles. The van der Waals surface area contributed by atoms with Crippen LogP contribution in [-0.4, -0.2) is 32.2 Å². The lowest BCUT2D eigenvalue weighted by Crippen LogP contribution is -2.26. The van der Waals surface area contributed by atoms with E-state index in [2.05, 4.69) is 50.0 Å². The largest absolute Gasteiger partial charge is 0.352 e. The lowest BCUT2D eigenvalue weighted by molar-refractivity contribution is 0.0953. The molecule has 1 aromatic carbocycles. The number of carbonyl (C=O) groups is 1. The van der Waals surface area contributed by atoms with Crippen molar-refractivity contribution in [1.29, 1.82) is 0 Å². The summed E-state index contributed by atoms with van der Waals surface area (Å²) >= 11 is 1.65. The Balaban J connectivity index is 1.35. The van der Waals surface area contributed by atoms with E-state index >= 15 is 0 Å². The van der Waals surface area contributed by atoms with Crippen LogP contribution in [0.2, 0.25) is 0 Å². The first-order valence-corrected chi connectivity index (χ1v) is 10.3. The second-order valence-corrected chi connectivity index (χ2v) is 7.76. The van der Waals surface area contributed by atoms with E-state index < -0.39 is 0 Å². The summed E-state index contributed by atoms with van der Waals surface area (Å²) in [6.07, 6.45) is 4.05. The third-order valence-electron chi connectivity index (χ3n) is 4.69. The summed E-state index contributed by atoms with van der Waals surface area (Å²) in [5, 5.41) is 10.4. The Morgan fingerprint density at radius 1 is 1.14 bits per heavy atom. The average Bonchev–Trinajstić information content (AvgIpc) is 3.35. The molecule has 4 rings (SSSR count). The normalized spacial score (nSPS) is 10.8. The lowest BCUT2D eigenvalue weighted by Gasteiger charge is -2.07. The SMILES string of the molecule is Cc1nc(-c2ccc(CCNC(=O)c3cnn(-c4ccccn4)c3C)cc2)cs1. The van der Waals surface area contributed by atoms with Crippen LogP contribution in [0.4, 0.5) is 0 Å². The van der Waals surface area contributed by atoms with Gasteiger partial charge in [0.25, 0.3) is 5.91 Å². The maximum atomic E-state index is 12.5. The summed E-state index contributed by atoms with van der Waals surface area (Å²) in [5.74, 6) is 0.568. The Bertz CT molecular complexity index is 1120. The van der Waals surface area contributed by atoms with Crippen LogP contribution in [0.15, 0.2) is 60.2 Å². The number of hydrogen-bond acceptors (Lipinski definition) is 5. The molecule has 0 aliphatic rings. The highest BCUT2D eigenvalue weighted by molar-refractivity contribution is 7.09. The fraction of sp³-hybridized carbons (Fsp3) is 0.182. The maximum absolute atomic E-state index is 12.5. The molecule has 7 heteroatoms. The van der Waals surface area contributed by atoms with Crippen molar-refractivity contribution in [3.63, 3.8) is 0 Å². The zero-order valence-electron chi connectivity index (χ0n) is 16.3. The minimum absolute atomic E-state index is 0.126. The number of nitrogens with one attached hydrogen (secondary N) is 1. The van der Waals surface area contributed by atoms with E-state index in [1.165, 1.54) is 5.56 Å². The first-order valence-electron chi connectivity index (χ1n) is 9.37. The van der Waals surface area contributed by atoms with Crippen molar-refractivity contribution in [3.8, 4) is 17.1 Å². The number of pyridine rings is 1. The van der Waals surface area contributed by atoms with Gasteiger partial charge in [-0.25, -0.2) is 14.6 Å². The molecule has 0 aliphatic carbocycles. The first kappa shape index (κ1) is 19.0. The van der Waals surface area contributed by atoms with Gasteiger partial charge in [-0.3, -0.25) is 4.79 Å². The van der Waals surface area contributed by atoms with Crippen LogP contribution in [0, 0.1) is 13.8 Å². The van der Waals surface area contributed by atoms with Gasteiger partial charge in [0.05, 0.1) is 28.2 Å². The van der Waals surface area contributed by atoms with Crippen LogP contribution in [0.25, 0.3) is 17.1 Å². The van der Waals surface area contributed by atoms with Crippen LogP contribution >= 0.6 is 11.3 Å². The summed E-state index contributed by atoms with van der Waals surface area (Å²) in [6.45, 7) is 4.44. The third-order valence-corrected chi connectivity index (χ3v) is 5.46. The van der Waals surface area contributed by atoms with Gasteiger partial charge in [-0.05, 0) is 38.0 Å². The zero-order chi connectivity index (χ0) is 20.2. The molecule has 0 aliphatic heterocycles. The van der Waals surface area contributed by atoms with Gasteiger partial charge in [0.15, 0.2) is 5.82 Å². The highest BCUT2D eigenvalue weighted by Gasteiger charge is 2.15. The predicted molar refractivity (Wildman–Crippen MR) is 114 cm³/mol. The number of thiazole rings is 1. The Kier molecular flexibility index (Phi) is 5.48. The molecule has 1 N–H and O–H groups in total. The van der Waals surface area contributed by atoms with E-state index in [-0.39, 0.29) is 5.91 Å². The van der Waals surface area contributed by atoms with Gasteiger partial charge in [0, 0.05) is 23.7 Å². The van der Waals surface area contributed by atoms with Crippen LogP contribution in [0.3, 0.4) is 0 Å². The molecule has 29 heavy (non-hydrogen) atoms. The zero-order valence-corrected chi connectivity index (χ0v) is 17.1. The van der Waals surface area contributed by atoms with E-state index in [0.717, 1.165) is 28.4 Å². The lowest BCUT2D eigenvalue weighted by atomic mass is 10.1. The van der Waals surface area contributed by atoms with E-state index in [1.54, 1.807) is 28.4 Å². The number of aromatic nitrogens is 4. The summed E-state index contributed by atoms with van der Waals surface area (Å²) in [5.41, 5.74) is 4.61. The van der Waals surface area contributed by atoms with E-state index in [9.17, 15) is 4.79 Å². The molecule has 1 amide bonds. The Hall–Kier alpha value is -3.32. The van der Waals surface area contributed by atoms with Gasteiger partial charge >= 0.3 is 0 Å². The topological polar surface area (TPSA) is 72.7 Å². The molecular formula is C22H21N5OS. The number of benzene rings is 1. The standard InChI is InChI=1S/C22H21N5OS/c1-15-19(13-25-27(15)21-5-3-4-11-23-21)22(28)24-12-10-17-6-8-18(9-7-17)20-14-29-16(2)26-20/h3-9,11,13-14H,10,12H2,1-2H3,(H,24,28). The van der Waals surface area contributed by atoms with Gasteiger partial charge < -0.3 is 5.32 Å². The average molecular weight is 404 g/mol. The van der Waals surface area contributed by atoms with Crippen LogP contribution in [-0.2, 0) is 6.42 Å². The number of nitrogens with zero attached hydrogens (tertiary/aromatic N) is 4. The predicted octanol–water partition coefficient (Wildman–Crippen LogP) is 3.98. The Morgan fingerprint density at radius 3 is 2.66 bits per heavy atom. The molecule has 0 bridgehead atoms. The summed E-state index contributed by atoms with van der Waals surface area (Å²) < 4.78 is 1.67. The Labute approximate surface area is 173 Å². The molecule has 0 spiro atoms. The van der Waals surface area contributed by atoms with Gasteiger partial charge in [-0.15, -0.1) is 11.3 Å².